The van der Waals surface area contributed by atoms with Gasteiger partial charge in [-0.15, -0.1) is 0 Å². The fourth-order valence-corrected chi connectivity index (χ4v) is 2.10. The molecule has 19 heavy (non-hydrogen) atoms. The van der Waals surface area contributed by atoms with E-state index in [1.165, 1.54) is 0 Å². The Balaban J connectivity index is 2.13. The summed E-state index contributed by atoms with van der Waals surface area (Å²) in [5.74, 6) is -7.61. The van der Waals surface area contributed by atoms with Crippen molar-refractivity contribution < 1.29 is 31.9 Å². The zero-order valence-electron chi connectivity index (χ0n) is 9.38. The molecule has 0 aliphatic carbocycles. The molecule has 2 heterocycles. The molecule has 0 saturated carbocycles. The second kappa shape index (κ2) is 4.07. The first kappa shape index (κ1) is 13.6. The van der Waals surface area contributed by atoms with Gasteiger partial charge < -0.3 is 10.2 Å². The van der Waals surface area contributed by atoms with Crippen LogP contribution >= 0.6 is 0 Å². The average Bonchev–Trinajstić information content (AvgIpc) is 2.83. The zero-order chi connectivity index (χ0) is 14.4. The lowest BCUT2D eigenvalue weighted by Crippen LogP contribution is -2.52. The Hall–Kier alpha value is -1.87. The smallest absolute Gasteiger partial charge is 0.334 e. The first-order valence-corrected chi connectivity index (χ1v) is 5.28. The largest absolute Gasteiger partial charge is 0.383 e. The summed E-state index contributed by atoms with van der Waals surface area (Å²) in [4.78, 5) is 34.2. The summed E-state index contributed by atoms with van der Waals surface area (Å²) in [6.45, 7) is -0.861. The highest BCUT2D eigenvalue weighted by Crippen LogP contribution is 2.31. The molecular weight excluding hydrogens is 274 g/mol. The Morgan fingerprint density at radius 2 is 2.00 bits per heavy atom. The van der Waals surface area contributed by atoms with E-state index in [1.54, 1.807) is 0 Å². The normalized spacial score (nSPS) is 27.1. The van der Waals surface area contributed by atoms with Crippen LogP contribution in [-0.4, -0.2) is 53.7 Å². The molecule has 2 fully saturated rings. The van der Waals surface area contributed by atoms with Gasteiger partial charge in [-0.05, 0) is 6.42 Å². The topological polar surface area (TPSA) is 78.5 Å². The lowest BCUT2D eigenvalue weighted by atomic mass is 9.99. The molecule has 2 aliphatic heterocycles. The molecule has 2 rings (SSSR count). The predicted molar refractivity (Wildman–Crippen MR) is 51.6 cm³/mol. The number of nitrogens with zero attached hydrogens (tertiary/aromatic N) is 1. The standard InChI is InChI=1S/C9H9F4N3O3/c10-4(11)9(12,13)6(18)16-2-1-8(3-16)5(17)14-7(19)15-8/h4H,1-3H2,(H2,14,15,17,19). The molecule has 1 unspecified atom stereocenters. The highest BCUT2D eigenvalue weighted by atomic mass is 19.3. The van der Waals surface area contributed by atoms with Crippen molar-refractivity contribution in [2.24, 2.45) is 0 Å². The maximum atomic E-state index is 12.9. The zero-order valence-corrected chi connectivity index (χ0v) is 9.38. The van der Waals surface area contributed by atoms with Crippen LogP contribution in [0.25, 0.3) is 0 Å². The van der Waals surface area contributed by atoms with Crippen molar-refractivity contribution in [2.75, 3.05) is 13.1 Å². The summed E-state index contributed by atoms with van der Waals surface area (Å²) < 4.78 is 50.0. The minimum Gasteiger partial charge on any atom is -0.334 e. The van der Waals surface area contributed by atoms with Crippen LogP contribution in [-0.2, 0) is 9.59 Å². The molecule has 2 N–H and O–H groups in total. The summed E-state index contributed by atoms with van der Waals surface area (Å²) in [6.07, 6.45) is -4.22. The Labute approximate surface area is 104 Å². The molecule has 0 bridgehead atoms. The summed E-state index contributed by atoms with van der Waals surface area (Å²) in [7, 11) is 0. The van der Waals surface area contributed by atoms with Gasteiger partial charge in [0.05, 0.1) is 6.54 Å². The molecular formula is C9H9F4N3O3. The first-order valence-electron chi connectivity index (χ1n) is 5.28. The molecule has 0 aromatic rings. The van der Waals surface area contributed by atoms with E-state index in [1.807, 2.05) is 5.32 Å². The molecule has 1 spiro atoms. The third-order valence-corrected chi connectivity index (χ3v) is 3.13. The van der Waals surface area contributed by atoms with Crippen LogP contribution in [0.4, 0.5) is 22.4 Å². The number of carbonyl (C=O) groups is 3. The Morgan fingerprint density at radius 3 is 2.47 bits per heavy atom. The van der Waals surface area contributed by atoms with E-state index in [2.05, 4.69) is 5.32 Å². The minimum absolute atomic E-state index is 0.102. The number of nitrogens with one attached hydrogen (secondary N) is 2. The van der Waals surface area contributed by atoms with Crippen LogP contribution in [0.3, 0.4) is 0 Å². The minimum atomic E-state index is -4.80. The number of urea groups is 1. The van der Waals surface area contributed by atoms with E-state index in [-0.39, 0.29) is 13.0 Å². The van der Waals surface area contributed by atoms with E-state index in [9.17, 15) is 31.9 Å². The van der Waals surface area contributed by atoms with Crippen molar-refractivity contribution in [3.05, 3.63) is 0 Å². The van der Waals surface area contributed by atoms with Crippen molar-refractivity contribution in [3.8, 4) is 0 Å². The van der Waals surface area contributed by atoms with Gasteiger partial charge in [0, 0.05) is 6.54 Å². The van der Waals surface area contributed by atoms with Gasteiger partial charge in [0.2, 0.25) is 0 Å². The van der Waals surface area contributed by atoms with E-state index in [0.717, 1.165) is 0 Å². The SMILES string of the molecule is O=C1NC(=O)C2(CCN(C(=O)C(F)(F)C(F)F)C2)N1. The molecule has 0 aromatic carbocycles. The molecule has 2 aliphatic rings. The first-order chi connectivity index (χ1) is 8.69. The van der Waals surface area contributed by atoms with Crippen molar-refractivity contribution in [1.82, 2.24) is 15.5 Å². The van der Waals surface area contributed by atoms with Gasteiger partial charge in [0.1, 0.15) is 5.54 Å². The van der Waals surface area contributed by atoms with Crippen molar-refractivity contribution in [2.45, 2.75) is 24.3 Å². The van der Waals surface area contributed by atoms with Gasteiger partial charge in [-0.2, -0.15) is 8.78 Å². The van der Waals surface area contributed by atoms with Gasteiger partial charge in [0.15, 0.2) is 0 Å². The number of hydrogen-bond donors (Lipinski definition) is 2. The number of likely N-dealkylation sites (tertiary alicyclic amines) is 1. The van der Waals surface area contributed by atoms with Gasteiger partial charge >= 0.3 is 18.4 Å². The number of amides is 4. The quantitative estimate of drug-likeness (QED) is 0.539. The third kappa shape index (κ3) is 2.00. The van der Waals surface area contributed by atoms with E-state index >= 15 is 0 Å². The number of alkyl halides is 4. The Morgan fingerprint density at radius 1 is 1.37 bits per heavy atom. The maximum Gasteiger partial charge on any atom is 0.383 e. The van der Waals surface area contributed by atoms with Crippen LogP contribution < -0.4 is 10.6 Å². The molecule has 0 aromatic heterocycles. The van der Waals surface area contributed by atoms with Crippen LogP contribution in [0.2, 0.25) is 0 Å². The third-order valence-electron chi connectivity index (χ3n) is 3.13. The lowest BCUT2D eigenvalue weighted by molar-refractivity contribution is -0.179. The molecule has 6 nitrogen and oxygen atoms in total. The Bertz CT molecular complexity index is 456. The average molecular weight is 283 g/mol. The van der Waals surface area contributed by atoms with Crippen LogP contribution in [0.5, 0.6) is 0 Å². The molecule has 106 valence electrons. The highest BCUT2D eigenvalue weighted by Gasteiger charge is 2.57. The van der Waals surface area contributed by atoms with Gasteiger partial charge in [-0.3, -0.25) is 14.9 Å². The van der Waals surface area contributed by atoms with Gasteiger partial charge in [-0.1, -0.05) is 0 Å². The Kier molecular flexibility index (Phi) is 2.90. The fourth-order valence-electron chi connectivity index (χ4n) is 2.10. The second-order valence-corrected chi connectivity index (χ2v) is 4.39. The van der Waals surface area contributed by atoms with E-state index in [0.29, 0.717) is 4.90 Å². The molecule has 1 atom stereocenters. The number of hydrogen-bond acceptors (Lipinski definition) is 3. The summed E-state index contributed by atoms with van der Waals surface area (Å²) in [6, 6.07) is -0.806. The molecule has 0 radical (unpaired) electrons. The van der Waals surface area contributed by atoms with E-state index in [4.69, 9.17) is 0 Å². The summed E-state index contributed by atoms with van der Waals surface area (Å²) >= 11 is 0. The highest BCUT2D eigenvalue weighted by molar-refractivity contribution is 6.07. The number of rotatable bonds is 2. The molecule has 2 saturated heterocycles. The molecule has 10 heteroatoms. The van der Waals surface area contributed by atoms with Crippen LogP contribution in [0, 0.1) is 0 Å². The van der Waals surface area contributed by atoms with Crippen molar-refractivity contribution in [3.63, 3.8) is 0 Å². The molecule has 4 amide bonds. The van der Waals surface area contributed by atoms with Crippen LogP contribution in [0.1, 0.15) is 6.42 Å². The van der Waals surface area contributed by atoms with Gasteiger partial charge in [0.25, 0.3) is 11.8 Å². The monoisotopic (exact) mass is 283 g/mol. The number of carbonyl (C=O) groups excluding carboxylic acids is 3. The van der Waals surface area contributed by atoms with Crippen molar-refractivity contribution in [1.29, 1.82) is 0 Å². The van der Waals surface area contributed by atoms with E-state index < -0.39 is 42.3 Å². The van der Waals surface area contributed by atoms with Gasteiger partial charge in [-0.25, -0.2) is 13.6 Å². The lowest BCUT2D eigenvalue weighted by Gasteiger charge is -2.24. The van der Waals surface area contributed by atoms with Crippen molar-refractivity contribution >= 4 is 17.8 Å². The fraction of sp³-hybridized carbons (Fsp3) is 0.667. The number of halogens is 4. The second-order valence-electron chi connectivity index (χ2n) is 4.39. The van der Waals surface area contributed by atoms with Crippen LogP contribution in [0.15, 0.2) is 0 Å². The maximum absolute atomic E-state index is 12.9. The predicted octanol–water partition coefficient (Wildman–Crippen LogP) is -0.303. The summed E-state index contributed by atoms with van der Waals surface area (Å²) in [5, 5.41) is 4.13. The number of imide groups is 1. The summed E-state index contributed by atoms with van der Waals surface area (Å²) in [5.41, 5.74) is -1.50.